The molecule has 130 valence electrons. The van der Waals surface area contributed by atoms with Crippen molar-refractivity contribution in [3.05, 3.63) is 65.0 Å². The fraction of sp³-hybridized carbons (Fsp3) is 0.294. The first kappa shape index (κ1) is 18.2. The Kier molecular flexibility index (Phi) is 5.80. The summed E-state index contributed by atoms with van der Waals surface area (Å²) in [5, 5.41) is 12.5. The fourth-order valence-corrected chi connectivity index (χ4v) is 2.29. The molecule has 0 bridgehead atoms. The van der Waals surface area contributed by atoms with E-state index in [1.807, 2.05) is 0 Å². The molecule has 2 aromatic rings. The van der Waals surface area contributed by atoms with Gasteiger partial charge in [0.1, 0.15) is 11.6 Å². The fourth-order valence-electron chi connectivity index (χ4n) is 2.29. The van der Waals surface area contributed by atoms with Crippen LogP contribution in [0.25, 0.3) is 0 Å². The molecule has 24 heavy (non-hydrogen) atoms. The van der Waals surface area contributed by atoms with Gasteiger partial charge in [0.25, 0.3) is 0 Å². The van der Waals surface area contributed by atoms with Crippen LogP contribution in [-0.4, -0.2) is 18.8 Å². The number of benzene rings is 2. The van der Waals surface area contributed by atoms with Gasteiger partial charge in [-0.1, -0.05) is 18.2 Å². The molecular formula is C17H17F4NO2. The van der Waals surface area contributed by atoms with Gasteiger partial charge in [0.15, 0.2) is 0 Å². The molecule has 0 aromatic heterocycles. The zero-order valence-corrected chi connectivity index (χ0v) is 12.9. The maximum atomic E-state index is 13.3. The molecule has 0 aliphatic heterocycles. The summed E-state index contributed by atoms with van der Waals surface area (Å²) in [5.41, 5.74) is -0.302. The smallest absolute Gasteiger partial charge is 0.419 e. The average Bonchev–Trinajstić information content (AvgIpc) is 2.56. The molecule has 1 atom stereocenters. The van der Waals surface area contributed by atoms with Crippen LogP contribution >= 0.6 is 0 Å². The Hall–Kier alpha value is -2.12. The number of alkyl halides is 3. The van der Waals surface area contributed by atoms with Crippen molar-refractivity contribution in [1.82, 2.24) is 5.32 Å². The summed E-state index contributed by atoms with van der Waals surface area (Å²) in [6.07, 6.45) is -4.75. The van der Waals surface area contributed by atoms with E-state index >= 15 is 0 Å². The molecule has 0 radical (unpaired) electrons. The van der Waals surface area contributed by atoms with Gasteiger partial charge in [0.2, 0.25) is 0 Å². The molecule has 1 unspecified atom stereocenters. The van der Waals surface area contributed by atoms with E-state index in [0.717, 1.165) is 17.7 Å². The number of halogens is 4. The van der Waals surface area contributed by atoms with Crippen LogP contribution in [-0.2, 0) is 12.7 Å². The lowest BCUT2D eigenvalue weighted by Crippen LogP contribution is -2.24. The number of hydrogen-bond acceptors (Lipinski definition) is 3. The monoisotopic (exact) mass is 343 g/mol. The van der Waals surface area contributed by atoms with Crippen LogP contribution in [0.5, 0.6) is 5.75 Å². The molecule has 0 saturated carbocycles. The second-order valence-electron chi connectivity index (χ2n) is 5.20. The highest BCUT2D eigenvalue weighted by Gasteiger charge is 2.34. The van der Waals surface area contributed by atoms with Crippen LogP contribution in [0.2, 0.25) is 0 Å². The Bertz CT molecular complexity index is 689. The molecule has 2 N–H and O–H groups in total. The van der Waals surface area contributed by atoms with E-state index < -0.39 is 23.6 Å². The summed E-state index contributed by atoms with van der Waals surface area (Å²) >= 11 is 0. The first-order chi connectivity index (χ1) is 11.3. The van der Waals surface area contributed by atoms with E-state index in [1.165, 1.54) is 13.2 Å². The second-order valence-corrected chi connectivity index (χ2v) is 5.20. The molecule has 2 aromatic carbocycles. The van der Waals surface area contributed by atoms with Crippen LogP contribution in [0.15, 0.2) is 42.5 Å². The van der Waals surface area contributed by atoms with Crippen molar-refractivity contribution in [2.75, 3.05) is 13.7 Å². The van der Waals surface area contributed by atoms with Crippen molar-refractivity contribution in [3.63, 3.8) is 0 Å². The quantitative estimate of drug-likeness (QED) is 0.787. The number of aliphatic hydroxyl groups is 1. The number of nitrogens with one attached hydrogen (secondary N) is 1. The van der Waals surface area contributed by atoms with Crippen LogP contribution < -0.4 is 10.1 Å². The lowest BCUT2D eigenvalue weighted by atomic mass is 10.1. The lowest BCUT2D eigenvalue weighted by Gasteiger charge is -2.18. The number of methoxy groups -OCH3 is 1. The minimum absolute atomic E-state index is 0.0474. The summed E-state index contributed by atoms with van der Waals surface area (Å²) in [6.45, 7) is -0.202. The summed E-state index contributed by atoms with van der Waals surface area (Å²) in [4.78, 5) is 0. The van der Waals surface area contributed by atoms with Gasteiger partial charge in [0, 0.05) is 6.54 Å². The lowest BCUT2D eigenvalue weighted by molar-refractivity contribution is -0.140. The van der Waals surface area contributed by atoms with Crippen LogP contribution in [0.3, 0.4) is 0 Å². The van der Waals surface area contributed by atoms with Gasteiger partial charge < -0.3 is 15.2 Å². The van der Waals surface area contributed by atoms with Crippen molar-refractivity contribution >= 4 is 0 Å². The van der Waals surface area contributed by atoms with Crippen molar-refractivity contribution in [2.24, 2.45) is 0 Å². The molecule has 0 saturated heterocycles. The van der Waals surface area contributed by atoms with Gasteiger partial charge in [-0.2, -0.15) is 13.2 Å². The first-order valence-electron chi connectivity index (χ1n) is 7.19. The van der Waals surface area contributed by atoms with Gasteiger partial charge >= 0.3 is 6.18 Å². The van der Waals surface area contributed by atoms with Crippen LogP contribution in [0, 0.1) is 5.82 Å². The molecule has 7 heteroatoms. The summed E-state index contributed by atoms with van der Waals surface area (Å²) in [5.74, 6) is -0.702. The Morgan fingerprint density at radius 3 is 2.54 bits per heavy atom. The zero-order valence-electron chi connectivity index (χ0n) is 12.9. The summed E-state index contributed by atoms with van der Waals surface area (Å²) < 4.78 is 56.6. The van der Waals surface area contributed by atoms with Crippen molar-refractivity contribution < 1.29 is 27.4 Å². The topological polar surface area (TPSA) is 41.5 Å². The molecule has 0 spiro atoms. The second kappa shape index (κ2) is 7.63. The van der Waals surface area contributed by atoms with E-state index in [9.17, 15) is 22.7 Å². The molecule has 0 aliphatic carbocycles. The minimum Gasteiger partial charge on any atom is -0.497 e. The molecule has 3 nitrogen and oxygen atoms in total. The number of hydrogen-bond donors (Lipinski definition) is 2. The Labute approximate surface area is 136 Å². The van der Waals surface area contributed by atoms with Gasteiger partial charge in [-0.05, 0) is 35.4 Å². The largest absolute Gasteiger partial charge is 0.497 e. The van der Waals surface area contributed by atoms with Crippen molar-refractivity contribution in [1.29, 1.82) is 0 Å². The summed E-state index contributed by atoms with van der Waals surface area (Å²) in [7, 11) is 1.51. The Morgan fingerprint density at radius 1 is 1.17 bits per heavy atom. The minimum atomic E-state index is -4.75. The van der Waals surface area contributed by atoms with E-state index in [1.54, 1.807) is 24.3 Å². The predicted octanol–water partition coefficient (Wildman–Crippen LogP) is 3.68. The standard InChI is InChI=1S/C17H17F4NO2/c1-24-13-4-2-3-12(8-13)16(10-23)22-9-11-5-6-15(18)14(7-11)17(19,20)21/h2-8,16,22-23H,9-10H2,1H3. The number of ether oxygens (including phenoxy) is 1. The van der Waals surface area contributed by atoms with E-state index in [0.29, 0.717) is 5.75 Å². The molecule has 0 fully saturated rings. The Balaban J connectivity index is 2.13. The SMILES string of the molecule is COc1cccc(C(CO)NCc2ccc(F)c(C(F)(F)F)c2)c1. The van der Waals surface area contributed by atoms with E-state index in [4.69, 9.17) is 4.74 Å². The molecule has 2 rings (SSSR count). The Morgan fingerprint density at radius 2 is 1.92 bits per heavy atom. The third-order valence-corrected chi connectivity index (χ3v) is 3.57. The maximum Gasteiger partial charge on any atom is 0.419 e. The van der Waals surface area contributed by atoms with Gasteiger partial charge in [-0.15, -0.1) is 0 Å². The molecule has 0 amide bonds. The molecule has 0 aliphatic rings. The van der Waals surface area contributed by atoms with E-state index in [2.05, 4.69) is 5.32 Å². The van der Waals surface area contributed by atoms with Gasteiger partial charge in [-0.3, -0.25) is 0 Å². The number of aliphatic hydroxyl groups excluding tert-OH is 1. The van der Waals surface area contributed by atoms with Crippen molar-refractivity contribution in [2.45, 2.75) is 18.8 Å². The zero-order chi connectivity index (χ0) is 17.7. The predicted molar refractivity (Wildman–Crippen MR) is 81.1 cm³/mol. The third kappa shape index (κ3) is 4.46. The highest BCUT2D eigenvalue weighted by molar-refractivity contribution is 5.31. The molecular weight excluding hydrogens is 326 g/mol. The maximum absolute atomic E-state index is 13.3. The van der Waals surface area contributed by atoms with Crippen LogP contribution in [0.1, 0.15) is 22.7 Å². The van der Waals surface area contributed by atoms with Gasteiger partial charge in [0.05, 0.1) is 25.3 Å². The summed E-state index contributed by atoms with van der Waals surface area (Å²) in [6, 6.07) is 9.33. The highest BCUT2D eigenvalue weighted by Crippen LogP contribution is 2.32. The normalized spacial score (nSPS) is 12.9. The molecule has 0 heterocycles. The average molecular weight is 343 g/mol. The highest BCUT2D eigenvalue weighted by atomic mass is 19.4. The van der Waals surface area contributed by atoms with E-state index in [-0.39, 0.29) is 18.7 Å². The van der Waals surface area contributed by atoms with Crippen molar-refractivity contribution in [3.8, 4) is 5.75 Å². The third-order valence-electron chi connectivity index (χ3n) is 3.57. The van der Waals surface area contributed by atoms with Crippen LogP contribution in [0.4, 0.5) is 17.6 Å². The first-order valence-corrected chi connectivity index (χ1v) is 7.19. The number of rotatable bonds is 6. The van der Waals surface area contributed by atoms with Gasteiger partial charge in [-0.25, -0.2) is 4.39 Å².